The van der Waals surface area contributed by atoms with Gasteiger partial charge in [-0.25, -0.2) is 20.8 Å². The molecule has 0 saturated heterocycles. The molecule has 12 heteroatoms. The maximum absolute atomic E-state index is 11.7. The molecule has 0 bridgehead atoms. The minimum atomic E-state index is -0.400. The fraction of sp³-hybridized carbons (Fsp3) is 0.0769. The number of aromatic nitrogens is 4. The summed E-state index contributed by atoms with van der Waals surface area (Å²) in [6.45, 7) is 3.59. The topological polar surface area (TPSA) is 187 Å². The molecule has 0 spiro atoms. The lowest BCUT2D eigenvalue weighted by atomic mass is 10.1. The molecule has 6 N–H and O–H groups in total. The number of nitrogen functional groups attached to an aromatic ring is 2. The fourth-order valence-corrected chi connectivity index (χ4v) is 2.79. The molecular weight excluding hydrogens is 484 g/mol. The first-order chi connectivity index (χ1) is 18.3. The molecule has 192 valence electrons. The van der Waals surface area contributed by atoms with Crippen molar-refractivity contribution >= 4 is 34.6 Å². The predicted molar refractivity (Wildman–Crippen MR) is 145 cm³/mol. The summed E-state index contributed by atoms with van der Waals surface area (Å²) in [6, 6.07) is 14.5. The molecule has 0 saturated carbocycles. The Morgan fingerprint density at radius 1 is 0.632 bits per heavy atom. The van der Waals surface area contributed by atoms with Crippen LogP contribution < -0.4 is 22.3 Å². The van der Waals surface area contributed by atoms with Crippen LogP contribution in [0.1, 0.15) is 46.0 Å². The van der Waals surface area contributed by atoms with Crippen LogP contribution in [0, 0.1) is 0 Å². The van der Waals surface area contributed by atoms with E-state index in [4.69, 9.17) is 11.5 Å². The highest BCUT2D eigenvalue weighted by Gasteiger charge is 2.07. The lowest BCUT2D eigenvalue weighted by Gasteiger charge is -2.02. The monoisotopic (exact) mass is 510 g/mol. The number of hydrogen-bond donors (Lipinski definition) is 4. The summed E-state index contributed by atoms with van der Waals surface area (Å²) in [5, 5.41) is 8.02. The Bertz CT molecular complexity index is 1300. The third-order valence-corrected chi connectivity index (χ3v) is 4.90. The molecule has 4 aromatic rings. The molecule has 12 nitrogen and oxygen atoms in total. The maximum atomic E-state index is 11.7. The van der Waals surface area contributed by atoms with Crippen LogP contribution in [-0.4, -0.2) is 43.2 Å². The van der Waals surface area contributed by atoms with Crippen LogP contribution in [0.4, 0.5) is 11.4 Å². The van der Waals surface area contributed by atoms with Gasteiger partial charge in [-0.05, 0) is 49.2 Å². The largest absolute Gasteiger partial charge is 0.399 e. The third-order valence-electron chi connectivity index (χ3n) is 4.90. The van der Waals surface area contributed by atoms with Gasteiger partial charge >= 0.3 is 0 Å². The highest BCUT2D eigenvalue weighted by Crippen LogP contribution is 2.07. The number of amides is 2. The van der Waals surface area contributed by atoms with Crippen LogP contribution in [0.5, 0.6) is 0 Å². The number of nitrogens with two attached hydrogens (primary N) is 2. The normalized spacial score (nSPS) is 11.1. The molecule has 0 fully saturated rings. The Hall–Kier alpha value is -5.52. The van der Waals surface area contributed by atoms with Gasteiger partial charge in [0.25, 0.3) is 11.8 Å². The molecule has 2 heterocycles. The van der Waals surface area contributed by atoms with E-state index in [1.165, 1.54) is 37.2 Å². The van der Waals surface area contributed by atoms with Gasteiger partial charge in [-0.2, -0.15) is 10.2 Å². The van der Waals surface area contributed by atoms with Gasteiger partial charge in [0, 0.05) is 36.2 Å². The molecule has 38 heavy (non-hydrogen) atoms. The van der Waals surface area contributed by atoms with Crippen molar-refractivity contribution in [3.63, 3.8) is 0 Å². The van der Waals surface area contributed by atoms with Crippen LogP contribution in [0.25, 0.3) is 0 Å². The summed E-state index contributed by atoms with van der Waals surface area (Å²) in [5.41, 5.74) is 21.0. The van der Waals surface area contributed by atoms with Gasteiger partial charge in [-0.15, -0.1) is 0 Å². The van der Waals surface area contributed by atoms with E-state index in [2.05, 4.69) is 41.0 Å². The number of benzene rings is 2. The molecule has 0 aliphatic heterocycles. The molecule has 0 unspecified atom stereocenters. The van der Waals surface area contributed by atoms with Gasteiger partial charge in [-0.1, -0.05) is 24.3 Å². The SMILES string of the molecule is C/C(=N\NC(=O)c1cnccn1)c1ccc(N)cc1.C/C(=N\NC(=O)c1cnccn1)c1ccc(N)cc1. The van der Waals surface area contributed by atoms with Crippen LogP contribution in [0.15, 0.2) is 95.9 Å². The molecule has 0 aliphatic rings. The number of hydrazone groups is 2. The Balaban J connectivity index is 0.000000211. The van der Waals surface area contributed by atoms with E-state index in [9.17, 15) is 9.59 Å². The molecule has 2 aromatic heterocycles. The highest BCUT2D eigenvalue weighted by atomic mass is 16.2. The zero-order valence-electron chi connectivity index (χ0n) is 20.7. The zero-order valence-corrected chi connectivity index (χ0v) is 20.7. The van der Waals surface area contributed by atoms with Gasteiger partial charge < -0.3 is 11.5 Å². The summed E-state index contributed by atoms with van der Waals surface area (Å²) in [7, 11) is 0. The van der Waals surface area contributed by atoms with E-state index in [0.717, 1.165) is 11.1 Å². The quantitative estimate of drug-likeness (QED) is 0.173. The molecule has 2 aromatic carbocycles. The first-order valence-electron chi connectivity index (χ1n) is 11.3. The van der Waals surface area contributed by atoms with E-state index < -0.39 is 11.8 Å². The van der Waals surface area contributed by atoms with Crippen molar-refractivity contribution in [2.45, 2.75) is 13.8 Å². The Kier molecular flexibility index (Phi) is 9.64. The van der Waals surface area contributed by atoms with E-state index in [1.54, 1.807) is 38.1 Å². The lowest BCUT2D eigenvalue weighted by molar-refractivity contribution is 0.0941. The van der Waals surface area contributed by atoms with Crippen LogP contribution in [-0.2, 0) is 0 Å². The Labute approximate surface area is 219 Å². The van der Waals surface area contributed by atoms with Crippen molar-refractivity contribution in [2.24, 2.45) is 10.2 Å². The van der Waals surface area contributed by atoms with Crippen molar-refractivity contribution in [3.8, 4) is 0 Å². The number of nitrogens with one attached hydrogen (secondary N) is 2. The smallest absolute Gasteiger partial charge is 0.291 e. The molecule has 0 radical (unpaired) electrons. The first kappa shape index (κ1) is 27.1. The average Bonchev–Trinajstić information content (AvgIpc) is 2.96. The molecular formula is C26H26N10O2. The number of nitrogens with zero attached hydrogens (tertiary/aromatic N) is 6. The number of carbonyl (C=O) groups excluding carboxylic acids is 2. The summed E-state index contributed by atoms with van der Waals surface area (Å²) in [5.74, 6) is -0.800. The molecule has 2 amide bonds. The number of anilines is 2. The second-order valence-electron chi connectivity index (χ2n) is 7.70. The standard InChI is InChI=1S/2C13H13N5O/c2*1-9(10-2-4-11(14)5-3-10)17-18-13(19)12-8-15-6-7-16-12/h2*2-8H,14H2,1H3,(H,18,19)/b2*17-9+. The average molecular weight is 511 g/mol. The van der Waals surface area contributed by atoms with Crippen LogP contribution in [0.2, 0.25) is 0 Å². The van der Waals surface area contributed by atoms with E-state index in [1.807, 2.05) is 24.3 Å². The van der Waals surface area contributed by atoms with E-state index in [0.29, 0.717) is 22.8 Å². The second-order valence-corrected chi connectivity index (χ2v) is 7.70. The molecule has 4 rings (SSSR count). The second kappa shape index (κ2) is 13.5. The van der Waals surface area contributed by atoms with Crippen molar-refractivity contribution in [1.29, 1.82) is 0 Å². The van der Waals surface area contributed by atoms with Crippen LogP contribution in [0.3, 0.4) is 0 Å². The van der Waals surface area contributed by atoms with Crippen molar-refractivity contribution < 1.29 is 9.59 Å². The highest BCUT2D eigenvalue weighted by molar-refractivity contribution is 6.01. The first-order valence-corrected chi connectivity index (χ1v) is 11.3. The fourth-order valence-electron chi connectivity index (χ4n) is 2.79. The Morgan fingerprint density at radius 2 is 1.00 bits per heavy atom. The van der Waals surface area contributed by atoms with Gasteiger partial charge in [0.15, 0.2) is 0 Å². The van der Waals surface area contributed by atoms with Gasteiger partial charge in [0.2, 0.25) is 0 Å². The summed E-state index contributed by atoms with van der Waals surface area (Å²) in [4.78, 5) is 38.8. The van der Waals surface area contributed by atoms with Gasteiger partial charge in [-0.3, -0.25) is 19.6 Å². The zero-order chi connectivity index (χ0) is 27.3. The predicted octanol–water partition coefficient (Wildman–Crippen LogP) is 2.43. The summed E-state index contributed by atoms with van der Waals surface area (Å²) < 4.78 is 0. The lowest BCUT2D eigenvalue weighted by Crippen LogP contribution is -2.20. The molecule has 0 aliphatic carbocycles. The van der Waals surface area contributed by atoms with Gasteiger partial charge in [0.05, 0.1) is 23.8 Å². The van der Waals surface area contributed by atoms with Crippen molar-refractivity contribution in [3.05, 3.63) is 108 Å². The summed E-state index contributed by atoms with van der Waals surface area (Å²) >= 11 is 0. The third kappa shape index (κ3) is 8.30. The van der Waals surface area contributed by atoms with Crippen molar-refractivity contribution in [1.82, 2.24) is 30.8 Å². The van der Waals surface area contributed by atoms with Crippen molar-refractivity contribution in [2.75, 3.05) is 11.5 Å². The minimum absolute atomic E-state index is 0.219. The number of rotatable bonds is 6. The minimum Gasteiger partial charge on any atom is -0.399 e. The van der Waals surface area contributed by atoms with Gasteiger partial charge in [0.1, 0.15) is 11.4 Å². The number of hydrogen-bond acceptors (Lipinski definition) is 10. The van der Waals surface area contributed by atoms with E-state index in [-0.39, 0.29) is 11.4 Å². The maximum Gasteiger partial charge on any atom is 0.291 e. The summed E-state index contributed by atoms with van der Waals surface area (Å²) in [6.07, 6.45) is 8.66. The van der Waals surface area contributed by atoms with Crippen LogP contribution >= 0.6 is 0 Å². The molecule has 0 atom stereocenters. The number of carbonyl (C=O) groups is 2. The van der Waals surface area contributed by atoms with E-state index >= 15 is 0 Å². The Morgan fingerprint density at radius 3 is 1.32 bits per heavy atom.